The van der Waals surface area contributed by atoms with Gasteiger partial charge < -0.3 is 14.8 Å². The smallest absolute Gasteiger partial charge is 0.165 e. The first-order valence-electron chi connectivity index (χ1n) is 7.09. The average molecular weight is 265 g/mol. The Labute approximate surface area is 117 Å². The summed E-state index contributed by atoms with van der Waals surface area (Å²) in [4.78, 5) is 0. The molecule has 0 saturated heterocycles. The molecule has 0 amide bonds. The fourth-order valence-electron chi connectivity index (χ4n) is 2.12. The number of unbranched alkanes of at least 4 members (excludes halogenated alkanes) is 1. The van der Waals surface area contributed by atoms with Crippen LogP contribution in [0.2, 0.25) is 0 Å². The summed E-state index contributed by atoms with van der Waals surface area (Å²) >= 11 is 0. The van der Waals surface area contributed by atoms with E-state index in [-0.39, 0.29) is 0 Å². The molecule has 0 fully saturated rings. The van der Waals surface area contributed by atoms with E-state index in [1.165, 1.54) is 19.3 Å². The van der Waals surface area contributed by atoms with Gasteiger partial charge in [-0.15, -0.1) is 0 Å². The standard InChI is InChI=1S/C16H27NO2/c1-13(2)8-5-6-11-17-12-14-9-7-10-15(18-3)16(14)19-4/h7,9-10,13,17H,5-6,8,11-12H2,1-4H3. The number of hydrogen-bond acceptors (Lipinski definition) is 3. The highest BCUT2D eigenvalue weighted by atomic mass is 16.5. The normalized spacial score (nSPS) is 10.8. The third-order valence-electron chi connectivity index (χ3n) is 3.18. The molecule has 0 radical (unpaired) electrons. The maximum Gasteiger partial charge on any atom is 0.165 e. The van der Waals surface area contributed by atoms with Crippen LogP contribution < -0.4 is 14.8 Å². The summed E-state index contributed by atoms with van der Waals surface area (Å²) in [5.41, 5.74) is 1.14. The van der Waals surface area contributed by atoms with Gasteiger partial charge in [0.2, 0.25) is 0 Å². The predicted octanol–water partition coefficient (Wildman–Crippen LogP) is 3.62. The van der Waals surface area contributed by atoms with Gasteiger partial charge in [-0.2, -0.15) is 0 Å². The van der Waals surface area contributed by atoms with Crippen molar-refractivity contribution in [1.29, 1.82) is 0 Å². The third-order valence-corrected chi connectivity index (χ3v) is 3.18. The van der Waals surface area contributed by atoms with Crippen molar-refractivity contribution < 1.29 is 9.47 Å². The van der Waals surface area contributed by atoms with Gasteiger partial charge in [0.15, 0.2) is 11.5 Å². The molecule has 0 unspecified atom stereocenters. The zero-order valence-corrected chi connectivity index (χ0v) is 12.7. The SMILES string of the molecule is COc1cccc(CNCCCCC(C)C)c1OC. The lowest BCUT2D eigenvalue weighted by atomic mass is 10.1. The Morgan fingerprint density at radius 1 is 1.11 bits per heavy atom. The second kappa shape index (κ2) is 8.81. The van der Waals surface area contributed by atoms with Gasteiger partial charge in [0, 0.05) is 12.1 Å². The first-order chi connectivity index (χ1) is 9.19. The van der Waals surface area contributed by atoms with Crippen molar-refractivity contribution in [3.05, 3.63) is 23.8 Å². The van der Waals surface area contributed by atoms with Crippen LogP contribution >= 0.6 is 0 Å². The van der Waals surface area contributed by atoms with E-state index < -0.39 is 0 Å². The molecule has 0 atom stereocenters. The summed E-state index contributed by atoms with van der Waals surface area (Å²) in [5.74, 6) is 2.43. The molecular weight excluding hydrogens is 238 g/mol. The van der Waals surface area contributed by atoms with Gasteiger partial charge >= 0.3 is 0 Å². The highest BCUT2D eigenvalue weighted by Gasteiger charge is 2.08. The van der Waals surface area contributed by atoms with E-state index in [1.54, 1.807) is 14.2 Å². The average Bonchev–Trinajstić information content (AvgIpc) is 2.41. The minimum absolute atomic E-state index is 0.793. The molecule has 0 aliphatic heterocycles. The van der Waals surface area contributed by atoms with Gasteiger partial charge in [0.25, 0.3) is 0 Å². The summed E-state index contributed by atoms with van der Waals surface area (Å²) in [6, 6.07) is 5.99. The van der Waals surface area contributed by atoms with Crippen LogP contribution in [0.5, 0.6) is 11.5 Å². The Morgan fingerprint density at radius 2 is 1.89 bits per heavy atom. The summed E-state index contributed by atoms with van der Waals surface area (Å²) in [7, 11) is 3.35. The lowest BCUT2D eigenvalue weighted by Gasteiger charge is -2.13. The molecule has 1 aromatic rings. The van der Waals surface area contributed by atoms with Gasteiger partial charge in [0.1, 0.15) is 0 Å². The summed E-state index contributed by atoms with van der Waals surface area (Å²) < 4.78 is 10.7. The number of ether oxygens (including phenoxy) is 2. The minimum atomic E-state index is 0.793. The lowest BCUT2D eigenvalue weighted by Crippen LogP contribution is -2.15. The molecule has 1 aromatic carbocycles. The molecule has 3 nitrogen and oxygen atoms in total. The van der Waals surface area contributed by atoms with Crippen molar-refractivity contribution in [2.24, 2.45) is 5.92 Å². The van der Waals surface area contributed by atoms with Crippen LogP contribution in [0.1, 0.15) is 38.7 Å². The molecule has 19 heavy (non-hydrogen) atoms. The van der Waals surface area contributed by atoms with Crippen molar-refractivity contribution in [3.63, 3.8) is 0 Å². The van der Waals surface area contributed by atoms with E-state index in [4.69, 9.17) is 9.47 Å². The molecule has 0 aromatic heterocycles. The molecule has 0 heterocycles. The molecule has 108 valence electrons. The van der Waals surface area contributed by atoms with Crippen LogP contribution in [0.3, 0.4) is 0 Å². The van der Waals surface area contributed by atoms with Gasteiger partial charge in [-0.25, -0.2) is 0 Å². The van der Waals surface area contributed by atoms with Crippen LogP contribution in [0.4, 0.5) is 0 Å². The van der Waals surface area contributed by atoms with Gasteiger partial charge in [-0.3, -0.25) is 0 Å². The Morgan fingerprint density at radius 3 is 2.53 bits per heavy atom. The van der Waals surface area contributed by atoms with E-state index in [1.807, 2.05) is 12.1 Å². The number of rotatable bonds is 9. The lowest BCUT2D eigenvalue weighted by molar-refractivity contribution is 0.350. The quantitative estimate of drug-likeness (QED) is 0.692. The fraction of sp³-hybridized carbons (Fsp3) is 0.625. The molecule has 0 aliphatic rings. The number of para-hydroxylation sites is 1. The molecule has 0 saturated carbocycles. The Hall–Kier alpha value is -1.22. The number of methoxy groups -OCH3 is 2. The summed E-state index contributed by atoms with van der Waals surface area (Å²) in [6.07, 6.45) is 3.83. The van der Waals surface area contributed by atoms with Crippen molar-refractivity contribution in [2.45, 2.75) is 39.7 Å². The van der Waals surface area contributed by atoms with Gasteiger partial charge in [0.05, 0.1) is 14.2 Å². The predicted molar refractivity (Wildman–Crippen MR) is 79.9 cm³/mol. The minimum Gasteiger partial charge on any atom is -0.493 e. The zero-order chi connectivity index (χ0) is 14.1. The summed E-state index contributed by atoms with van der Waals surface area (Å²) in [5, 5.41) is 3.47. The van der Waals surface area contributed by atoms with E-state index in [0.717, 1.165) is 36.1 Å². The fourth-order valence-corrected chi connectivity index (χ4v) is 2.12. The van der Waals surface area contributed by atoms with Gasteiger partial charge in [-0.1, -0.05) is 38.8 Å². The molecule has 1 rings (SSSR count). The van der Waals surface area contributed by atoms with Crippen LogP contribution in [-0.4, -0.2) is 20.8 Å². The molecule has 0 aliphatic carbocycles. The van der Waals surface area contributed by atoms with E-state index >= 15 is 0 Å². The van der Waals surface area contributed by atoms with Crippen LogP contribution in [0.25, 0.3) is 0 Å². The topological polar surface area (TPSA) is 30.5 Å². The molecule has 1 N–H and O–H groups in total. The van der Waals surface area contributed by atoms with Gasteiger partial charge in [-0.05, 0) is 24.9 Å². The van der Waals surface area contributed by atoms with E-state index in [2.05, 4.69) is 25.2 Å². The summed E-state index contributed by atoms with van der Waals surface area (Å²) in [6.45, 7) is 6.41. The zero-order valence-electron chi connectivity index (χ0n) is 12.7. The Balaban J connectivity index is 2.37. The first kappa shape index (κ1) is 15.8. The highest BCUT2D eigenvalue weighted by Crippen LogP contribution is 2.30. The largest absolute Gasteiger partial charge is 0.493 e. The van der Waals surface area contributed by atoms with E-state index in [0.29, 0.717) is 0 Å². The Kier molecular flexibility index (Phi) is 7.34. The van der Waals surface area contributed by atoms with Crippen LogP contribution in [-0.2, 0) is 6.54 Å². The maximum atomic E-state index is 5.41. The van der Waals surface area contributed by atoms with E-state index in [9.17, 15) is 0 Å². The molecular formula is C16H27NO2. The van der Waals surface area contributed by atoms with Crippen LogP contribution in [0.15, 0.2) is 18.2 Å². The Bertz CT molecular complexity index is 364. The second-order valence-electron chi connectivity index (χ2n) is 5.22. The maximum absolute atomic E-state index is 5.41. The third kappa shape index (κ3) is 5.52. The molecule has 3 heteroatoms. The molecule has 0 spiro atoms. The first-order valence-corrected chi connectivity index (χ1v) is 7.09. The molecule has 0 bridgehead atoms. The van der Waals surface area contributed by atoms with Crippen molar-refractivity contribution >= 4 is 0 Å². The number of benzene rings is 1. The second-order valence-corrected chi connectivity index (χ2v) is 5.22. The van der Waals surface area contributed by atoms with Crippen molar-refractivity contribution in [2.75, 3.05) is 20.8 Å². The van der Waals surface area contributed by atoms with Crippen molar-refractivity contribution in [3.8, 4) is 11.5 Å². The highest BCUT2D eigenvalue weighted by molar-refractivity contribution is 5.46. The van der Waals surface area contributed by atoms with Crippen LogP contribution in [0, 0.1) is 5.92 Å². The monoisotopic (exact) mass is 265 g/mol. The number of nitrogens with one attached hydrogen (secondary N) is 1. The number of hydrogen-bond donors (Lipinski definition) is 1. The van der Waals surface area contributed by atoms with Crippen molar-refractivity contribution in [1.82, 2.24) is 5.32 Å².